The van der Waals surface area contributed by atoms with Gasteiger partial charge in [0.15, 0.2) is 0 Å². The summed E-state index contributed by atoms with van der Waals surface area (Å²) < 4.78 is 8.37. The van der Waals surface area contributed by atoms with Gasteiger partial charge in [-0.1, -0.05) is 62.4 Å². The molecule has 0 atom stereocenters. The number of primary amides is 1. The van der Waals surface area contributed by atoms with Gasteiger partial charge in [0.25, 0.3) is 0 Å². The third-order valence-corrected chi connectivity index (χ3v) is 7.18. The van der Waals surface area contributed by atoms with Gasteiger partial charge in [-0.15, -0.1) is 0 Å². The van der Waals surface area contributed by atoms with Crippen molar-refractivity contribution in [1.29, 1.82) is 0 Å². The van der Waals surface area contributed by atoms with Crippen LogP contribution in [0.25, 0.3) is 16.9 Å². The van der Waals surface area contributed by atoms with Crippen LogP contribution in [0.2, 0.25) is 0 Å². The van der Waals surface area contributed by atoms with E-state index in [2.05, 4.69) is 72.9 Å². The first-order valence-electron chi connectivity index (χ1n) is 13.6. The Morgan fingerprint density at radius 2 is 1.77 bits per heavy atom. The Balaban J connectivity index is 1.60. The lowest BCUT2D eigenvalue weighted by atomic mass is 9.99. The molecule has 0 aliphatic carbocycles. The van der Waals surface area contributed by atoms with Gasteiger partial charge in [0.05, 0.1) is 18.0 Å². The number of hydrogen-bond donors (Lipinski definition) is 2. The van der Waals surface area contributed by atoms with Crippen molar-refractivity contribution in [3.63, 3.8) is 0 Å². The Hall–Kier alpha value is -4.10. The molecular formula is C32H37N5O2. The van der Waals surface area contributed by atoms with Crippen molar-refractivity contribution in [2.24, 2.45) is 11.7 Å². The maximum absolute atomic E-state index is 11.4. The van der Waals surface area contributed by atoms with Crippen molar-refractivity contribution in [3.8, 4) is 22.7 Å². The number of amides is 2. The summed E-state index contributed by atoms with van der Waals surface area (Å²) in [6, 6.07) is 22.0. The number of fused-ring (bicyclic) bond motifs is 1. The van der Waals surface area contributed by atoms with Gasteiger partial charge in [-0.05, 0) is 54.7 Å². The number of para-hydroxylation sites is 1. The van der Waals surface area contributed by atoms with E-state index in [1.54, 1.807) is 0 Å². The number of aromatic nitrogens is 2. The first-order chi connectivity index (χ1) is 18.8. The van der Waals surface area contributed by atoms with Crippen molar-refractivity contribution < 1.29 is 9.53 Å². The lowest BCUT2D eigenvalue weighted by Gasteiger charge is -2.27. The van der Waals surface area contributed by atoms with E-state index in [1.807, 2.05) is 36.4 Å². The topological polar surface area (TPSA) is 85.4 Å². The molecule has 0 saturated carbocycles. The van der Waals surface area contributed by atoms with E-state index in [0.29, 0.717) is 18.2 Å². The molecule has 7 nitrogen and oxygen atoms in total. The molecule has 4 aromatic rings. The van der Waals surface area contributed by atoms with E-state index in [-0.39, 0.29) is 0 Å². The van der Waals surface area contributed by atoms with E-state index >= 15 is 0 Å². The minimum absolute atomic E-state index is 0.406. The molecule has 0 saturated heterocycles. The fourth-order valence-electron chi connectivity index (χ4n) is 5.18. The maximum Gasteiger partial charge on any atom is 0.316 e. The van der Waals surface area contributed by atoms with E-state index in [9.17, 15) is 4.79 Å². The molecule has 7 heteroatoms. The Morgan fingerprint density at radius 1 is 1.03 bits per heavy atom. The van der Waals surface area contributed by atoms with Crippen molar-refractivity contribution >= 4 is 11.7 Å². The van der Waals surface area contributed by atoms with Crippen LogP contribution in [0.15, 0.2) is 66.7 Å². The van der Waals surface area contributed by atoms with Gasteiger partial charge < -0.3 is 15.8 Å². The molecule has 3 N–H and O–H groups in total. The van der Waals surface area contributed by atoms with Gasteiger partial charge in [0.2, 0.25) is 0 Å². The van der Waals surface area contributed by atoms with Crippen LogP contribution in [0.3, 0.4) is 0 Å². The number of benzene rings is 3. The molecule has 1 aromatic heterocycles. The number of rotatable bonds is 8. The maximum atomic E-state index is 11.4. The van der Waals surface area contributed by atoms with Crippen molar-refractivity contribution in [3.05, 3.63) is 94.7 Å². The third-order valence-electron chi connectivity index (χ3n) is 7.18. The third kappa shape index (κ3) is 5.83. The highest BCUT2D eigenvalue weighted by Gasteiger charge is 2.28. The fraction of sp³-hybridized carbons (Fsp3) is 0.312. The lowest BCUT2D eigenvalue weighted by molar-refractivity contribution is 0.244. The predicted molar refractivity (Wildman–Crippen MR) is 156 cm³/mol. The van der Waals surface area contributed by atoms with Crippen LogP contribution in [0.1, 0.15) is 41.8 Å². The second kappa shape index (κ2) is 11.3. The van der Waals surface area contributed by atoms with E-state index < -0.39 is 6.03 Å². The van der Waals surface area contributed by atoms with Crippen LogP contribution in [0, 0.1) is 19.8 Å². The van der Waals surface area contributed by atoms with Crippen molar-refractivity contribution in [2.45, 2.75) is 47.2 Å². The second-order valence-electron chi connectivity index (χ2n) is 10.8. The molecule has 3 aromatic carbocycles. The molecule has 0 spiro atoms. The number of carbonyl (C=O) groups excluding carboxylic acids is 1. The van der Waals surface area contributed by atoms with Crippen molar-refractivity contribution in [2.75, 3.05) is 18.5 Å². The first-order valence-corrected chi connectivity index (χ1v) is 13.6. The number of urea groups is 1. The molecule has 2 heterocycles. The van der Waals surface area contributed by atoms with Gasteiger partial charge in [-0.2, -0.15) is 5.10 Å². The minimum atomic E-state index is -0.580. The van der Waals surface area contributed by atoms with Crippen LogP contribution in [0.5, 0.6) is 5.75 Å². The number of nitrogens with two attached hydrogens (primary N) is 1. The lowest BCUT2D eigenvalue weighted by Crippen LogP contribution is -2.30. The molecule has 1 aliphatic heterocycles. The molecule has 5 rings (SSSR count). The summed E-state index contributed by atoms with van der Waals surface area (Å²) in [5.74, 6) is 1.23. The van der Waals surface area contributed by atoms with Gasteiger partial charge in [0, 0.05) is 42.9 Å². The van der Waals surface area contributed by atoms with Crippen LogP contribution in [-0.4, -0.2) is 33.9 Å². The summed E-state index contributed by atoms with van der Waals surface area (Å²) in [5.41, 5.74) is 15.1. The Labute approximate surface area is 230 Å². The number of hydrogen-bond acceptors (Lipinski definition) is 4. The number of ether oxygens (including phenoxy) is 1. The molecule has 39 heavy (non-hydrogen) atoms. The quantitative estimate of drug-likeness (QED) is 0.286. The summed E-state index contributed by atoms with van der Waals surface area (Å²) in [5, 5.41) is 7.86. The second-order valence-corrected chi connectivity index (χ2v) is 10.8. The normalized spacial score (nSPS) is 13.4. The number of nitrogens with one attached hydrogen (secondary N) is 1. The average Bonchev–Trinajstić information content (AvgIpc) is 3.27. The average molecular weight is 524 g/mol. The molecule has 0 bridgehead atoms. The summed E-state index contributed by atoms with van der Waals surface area (Å²) >= 11 is 0. The SMILES string of the molecule is Cc1ccccc1CN1CCc2nn(-c3c(C)cccc3OCC(C)C)c(-c3ccc(NC(N)=O)cc3)c2C1. The van der Waals surface area contributed by atoms with Gasteiger partial charge in [0.1, 0.15) is 11.4 Å². The number of anilines is 1. The highest BCUT2D eigenvalue weighted by Crippen LogP contribution is 2.37. The summed E-state index contributed by atoms with van der Waals surface area (Å²) in [4.78, 5) is 13.9. The fourth-order valence-corrected chi connectivity index (χ4v) is 5.18. The van der Waals surface area contributed by atoms with Crippen LogP contribution >= 0.6 is 0 Å². The number of nitrogens with zero attached hydrogens (tertiary/aromatic N) is 3. The van der Waals surface area contributed by atoms with Crippen molar-refractivity contribution in [1.82, 2.24) is 14.7 Å². The van der Waals surface area contributed by atoms with E-state index in [0.717, 1.165) is 60.0 Å². The summed E-state index contributed by atoms with van der Waals surface area (Å²) in [7, 11) is 0. The molecule has 1 aliphatic rings. The molecular weight excluding hydrogens is 486 g/mol. The van der Waals surface area contributed by atoms with E-state index in [1.165, 1.54) is 16.7 Å². The zero-order chi connectivity index (χ0) is 27.5. The number of aryl methyl sites for hydroxylation is 2. The molecule has 0 fully saturated rings. The Bertz CT molecular complexity index is 1470. The molecule has 0 radical (unpaired) electrons. The molecule has 202 valence electrons. The van der Waals surface area contributed by atoms with Gasteiger partial charge in [-0.3, -0.25) is 4.90 Å². The van der Waals surface area contributed by atoms with Gasteiger partial charge >= 0.3 is 6.03 Å². The standard InChI is InChI=1S/C32H37N5O2/c1-21(2)20-39-29-11-7-9-23(4)30(29)37-31(24-12-14-26(15-13-24)34-32(33)38)27-19-36(17-16-28(27)35-37)18-25-10-6-5-8-22(25)3/h5-15,21H,16-20H2,1-4H3,(H3,33,34,38). The minimum Gasteiger partial charge on any atom is -0.491 e. The predicted octanol–water partition coefficient (Wildman–Crippen LogP) is 6.24. The number of carbonyl (C=O) groups is 1. The van der Waals surface area contributed by atoms with E-state index in [4.69, 9.17) is 15.6 Å². The van der Waals surface area contributed by atoms with Crippen LogP contribution in [-0.2, 0) is 19.5 Å². The Kier molecular flexibility index (Phi) is 7.70. The van der Waals surface area contributed by atoms with Crippen LogP contribution in [0.4, 0.5) is 10.5 Å². The molecule has 0 unspecified atom stereocenters. The van der Waals surface area contributed by atoms with Crippen LogP contribution < -0.4 is 15.8 Å². The smallest absolute Gasteiger partial charge is 0.316 e. The van der Waals surface area contributed by atoms with Gasteiger partial charge in [-0.25, -0.2) is 9.48 Å². The Morgan fingerprint density at radius 3 is 2.49 bits per heavy atom. The first kappa shape index (κ1) is 26.5. The summed E-state index contributed by atoms with van der Waals surface area (Å²) in [6.45, 7) is 11.9. The zero-order valence-electron chi connectivity index (χ0n) is 23.2. The monoisotopic (exact) mass is 523 g/mol. The largest absolute Gasteiger partial charge is 0.491 e. The zero-order valence-corrected chi connectivity index (χ0v) is 23.2. The highest BCUT2D eigenvalue weighted by atomic mass is 16.5. The highest BCUT2D eigenvalue weighted by molar-refractivity contribution is 5.88. The molecule has 2 amide bonds. The summed E-state index contributed by atoms with van der Waals surface area (Å²) in [6.07, 6.45) is 0.872.